The molecule has 2 N–H and O–H groups in total. The van der Waals surface area contributed by atoms with Crippen molar-refractivity contribution < 1.29 is 24.2 Å². The van der Waals surface area contributed by atoms with Crippen LogP contribution < -0.4 is 5.32 Å². The largest absolute Gasteiger partial charge is 0.480 e. The molecule has 0 aliphatic heterocycles. The topological polar surface area (TPSA) is 92.7 Å². The number of carbonyl (C=O) groups is 3. The predicted octanol–water partition coefficient (Wildman–Crippen LogP) is 0.555. The summed E-state index contributed by atoms with van der Waals surface area (Å²) in [5.41, 5.74) is 0. The molecule has 2 rings (SSSR count). The summed E-state index contributed by atoms with van der Waals surface area (Å²) in [7, 11) is 1.25. The molecule has 1 amide bonds. The van der Waals surface area contributed by atoms with E-state index in [1.165, 1.54) is 13.5 Å². The summed E-state index contributed by atoms with van der Waals surface area (Å²) in [6.45, 7) is 0. The maximum Gasteiger partial charge on any atom is 0.326 e. The van der Waals surface area contributed by atoms with Gasteiger partial charge < -0.3 is 15.2 Å². The number of esters is 1. The zero-order valence-electron chi connectivity index (χ0n) is 10.9. The molecule has 3 atom stereocenters. The Balaban J connectivity index is 1.81. The molecular weight excluding hydrogens is 250 g/mol. The Kier molecular flexibility index (Phi) is 4.07. The summed E-state index contributed by atoms with van der Waals surface area (Å²) in [4.78, 5) is 34.0. The molecule has 0 aromatic carbocycles. The maximum absolute atomic E-state index is 12.0. The van der Waals surface area contributed by atoms with Crippen LogP contribution in [0.4, 0.5) is 0 Å². The second kappa shape index (κ2) is 5.59. The van der Waals surface area contributed by atoms with Crippen molar-refractivity contribution in [3.8, 4) is 0 Å². The van der Waals surface area contributed by atoms with Gasteiger partial charge >= 0.3 is 11.9 Å². The van der Waals surface area contributed by atoms with E-state index in [0.29, 0.717) is 11.8 Å². The molecule has 0 spiro atoms. The average Bonchev–Trinajstić information content (AvgIpc) is 2.87. The first-order valence-electron chi connectivity index (χ1n) is 6.64. The molecule has 2 aliphatic carbocycles. The van der Waals surface area contributed by atoms with Crippen LogP contribution in [0.3, 0.4) is 0 Å². The van der Waals surface area contributed by atoms with E-state index in [9.17, 15) is 14.4 Å². The number of carboxylic acids is 1. The van der Waals surface area contributed by atoms with Gasteiger partial charge in [-0.25, -0.2) is 4.79 Å². The fourth-order valence-electron chi connectivity index (χ4n) is 3.10. The minimum atomic E-state index is -1.11. The predicted molar refractivity (Wildman–Crippen MR) is 65.1 cm³/mol. The van der Waals surface area contributed by atoms with Gasteiger partial charge in [-0.05, 0) is 31.1 Å². The maximum atomic E-state index is 12.0. The van der Waals surface area contributed by atoms with Gasteiger partial charge in [-0.15, -0.1) is 0 Å². The van der Waals surface area contributed by atoms with Gasteiger partial charge in [-0.3, -0.25) is 9.59 Å². The van der Waals surface area contributed by atoms with Crippen molar-refractivity contribution in [2.45, 2.75) is 38.1 Å². The van der Waals surface area contributed by atoms with Crippen LogP contribution in [0.15, 0.2) is 0 Å². The van der Waals surface area contributed by atoms with Gasteiger partial charge in [0.25, 0.3) is 0 Å². The van der Waals surface area contributed by atoms with Crippen LogP contribution in [0, 0.1) is 17.8 Å². The van der Waals surface area contributed by atoms with E-state index in [2.05, 4.69) is 10.1 Å². The lowest BCUT2D eigenvalue weighted by molar-refractivity contribution is -0.144. The zero-order chi connectivity index (χ0) is 14.0. The molecule has 2 aliphatic rings. The SMILES string of the molecule is COC(=O)CC[C@H](NC(=O)C1C2CCCC21)C(=O)O. The quantitative estimate of drug-likeness (QED) is 0.687. The van der Waals surface area contributed by atoms with Crippen molar-refractivity contribution in [1.29, 1.82) is 0 Å². The number of rotatable bonds is 6. The average molecular weight is 269 g/mol. The number of fused-ring (bicyclic) bond motifs is 1. The first-order chi connectivity index (χ1) is 9.04. The van der Waals surface area contributed by atoms with Crippen LogP contribution in [-0.2, 0) is 19.1 Å². The number of hydrogen-bond acceptors (Lipinski definition) is 4. The highest BCUT2D eigenvalue weighted by atomic mass is 16.5. The molecule has 19 heavy (non-hydrogen) atoms. The van der Waals surface area contributed by atoms with E-state index in [-0.39, 0.29) is 24.7 Å². The first-order valence-corrected chi connectivity index (χ1v) is 6.64. The van der Waals surface area contributed by atoms with Gasteiger partial charge in [0.05, 0.1) is 7.11 Å². The molecular formula is C13H19NO5. The van der Waals surface area contributed by atoms with Gasteiger partial charge in [0, 0.05) is 12.3 Å². The first kappa shape index (κ1) is 13.8. The van der Waals surface area contributed by atoms with E-state index in [4.69, 9.17) is 5.11 Å². The van der Waals surface area contributed by atoms with Crippen LogP contribution in [0.1, 0.15) is 32.1 Å². The van der Waals surface area contributed by atoms with Gasteiger partial charge in [0.15, 0.2) is 0 Å². The molecule has 0 saturated heterocycles. The lowest BCUT2D eigenvalue weighted by Crippen LogP contribution is -2.42. The molecule has 6 nitrogen and oxygen atoms in total. The number of amides is 1. The summed E-state index contributed by atoms with van der Waals surface area (Å²) in [6.07, 6.45) is 3.37. The number of methoxy groups -OCH3 is 1. The molecule has 0 heterocycles. The standard InChI is InChI=1S/C13H19NO5/c1-19-10(15)6-5-9(13(17)18)14-12(16)11-7-3-2-4-8(7)11/h7-9,11H,2-6H2,1H3,(H,14,16)(H,17,18)/t7?,8?,9-,11?/m0/s1. The molecule has 2 fully saturated rings. The van der Waals surface area contributed by atoms with Crippen molar-refractivity contribution in [3.05, 3.63) is 0 Å². The lowest BCUT2D eigenvalue weighted by atomic mass is 10.1. The van der Waals surface area contributed by atoms with E-state index in [0.717, 1.165) is 12.8 Å². The summed E-state index contributed by atoms with van der Waals surface area (Å²) in [6, 6.07) is -1.01. The van der Waals surface area contributed by atoms with Crippen molar-refractivity contribution in [1.82, 2.24) is 5.32 Å². The highest BCUT2D eigenvalue weighted by molar-refractivity contribution is 5.87. The molecule has 0 bridgehead atoms. The third-order valence-electron chi connectivity index (χ3n) is 4.19. The number of carbonyl (C=O) groups excluding carboxylic acids is 2. The summed E-state index contributed by atoms with van der Waals surface area (Å²) >= 11 is 0. The van der Waals surface area contributed by atoms with Gasteiger partial charge in [0.1, 0.15) is 6.04 Å². The van der Waals surface area contributed by atoms with Crippen LogP contribution in [0.5, 0.6) is 0 Å². The highest BCUT2D eigenvalue weighted by Gasteiger charge is 2.56. The number of carboxylic acid groups (broad SMARTS) is 1. The highest BCUT2D eigenvalue weighted by Crippen LogP contribution is 2.57. The van der Waals surface area contributed by atoms with Crippen LogP contribution in [0.2, 0.25) is 0 Å². The minimum Gasteiger partial charge on any atom is -0.480 e. The second-order valence-corrected chi connectivity index (χ2v) is 5.30. The van der Waals surface area contributed by atoms with Gasteiger partial charge in [-0.1, -0.05) is 6.42 Å². The van der Waals surface area contributed by atoms with Gasteiger partial charge in [0.2, 0.25) is 5.91 Å². The normalized spacial score (nSPS) is 29.2. The van der Waals surface area contributed by atoms with Crippen molar-refractivity contribution in [2.24, 2.45) is 17.8 Å². The fraction of sp³-hybridized carbons (Fsp3) is 0.769. The number of nitrogens with one attached hydrogen (secondary N) is 1. The van der Waals surface area contributed by atoms with Crippen molar-refractivity contribution in [3.63, 3.8) is 0 Å². The Morgan fingerprint density at radius 3 is 2.47 bits per heavy atom. The lowest BCUT2D eigenvalue weighted by Gasteiger charge is -2.14. The van der Waals surface area contributed by atoms with E-state index >= 15 is 0 Å². The van der Waals surface area contributed by atoms with Crippen LogP contribution in [0.25, 0.3) is 0 Å². The molecule has 2 unspecified atom stereocenters. The Morgan fingerprint density at radius 1 is 1.32 bits per heavy atom. The molecule has 106 valence electrons. The van der Waals surface area contributed by atoms with Gasteiger partial charge in [-0.2, -0.15) is 0 Å². The Morgan fingerprint density at radius 2 is 1.95 bits per heavy atom. The van der Waals surface area contributed by atoms with E-state index < -0.39 is 18.0 Å². The third-order valence-corrected chi connectivity index (χ3v) is 4.19. The summed E-state index contributed by atoms with van der Waals surface area (Å²) in [5.74, 6) is -0.849. The van der Waals surface area contributed by atoms with E-state index in [1.807, 2.05) is 0 Å². The Bertz CT molecular complexity index is 384. The van der Waals surface area contributed by atoms with Crippen molar-refractivity contribution in [2.75, 3.05) is 7.11 Å². The number of hydrogen-bond donors (Lipinski definition) is 2. The number of ether oxygens (including phenoxy) is 1. The zero-order valence-corrected chi connectivity index (χ0v) is 10.9. The van der Waals surface area contributed by atoms with Crippen LogP contribution >= 0.6 is 0 Å². The number of aliphatic carboxylic acids is 1. The molecule has 0 aromatic rings. The summed E-state index contributed by atoms with van der Waals surface area (Å²) in [5, 5.41) is 11.6. The second-order valence-electron chi connectivity index (χ2n) is 5.30. The monoisotopic (exact) mass is 269 g/mol. The van der Waals surface area contributed by atoms with Crippen LogP contribution in [-0.4, -0.2) is 36.1 Å². The molecule has 6 heteroatoms. The fourth-order valence-corrected chi connectivity index (χ4v) is 3.10. The smallest absolute Gasteiger partial charge is 0.326 e. The summed E-state index contributed by atoms with van der Waals surface area (Å²) < 4.78 is 4.46. The molecule has 2 saturated carbocycles. The molecule has 0 aromatic heterocycles. The Labute approximate surface area is 111 Å². The molecule has 0 radical (unpaired) electrons. The van der Waals surface area contributed by atoms with Crippen molar-refractivity contribution >= 4 is 17.8 Å². The van der Waals surface area contributed by atoms with E-state index in [1.54, 1.807) is 0 Å². The third kappa shape index (κ3) is 3.05. The minimum absolute atomic E-state index is 0.00581. The Hall–Kier alpha value is -1.59.